The highest BCUT2D eigenvalue weighted by atomic mass is 35.5. The number of benzene rings is 3. The van der Waals surface area contributed by atoms with E-state index in [0.29, 0.717) is 11.6 Å². The quantitative estimate of drug-likeness (QED) is 0.335. The summed E-state index contributed by atoms with van der Waals surface area (Å²) in [6.45, 7) is 9.34. The summed E-state index contributed by atoms with van der Waals surface area (Å²) in [4.78, 5) is 28.4. The molecule has 3 rings (SSSR count). The lowest BCUT2D eigenvalue weighted by atomic mass is 10.1. The Bertz CT molecular complexity index is 1420. The van der Waals surface area contributed by atoms with Gasteiger partial charge in [-0.25, -0.2) is 8.42 Å². The highest BCUT2D eigenvalue weighted by Crippen LogP contribution is 2.29. The first kappa shape index (κ1) is 30.2. The second kappa shape index (κ2) is 13.1. The van der Waals surface area contributed by atoms with Gasteiger partial charge in [0.2, 0.25) is 11.8 Å². The van der Waals surface area contributed by atoms with Crippen molar-refractivity contribution in [3.05, 3.63) is 94.0 Å². The van der Waals surface area contributed by atoms with Crippen LogP contribution in [0.1, 0.15) is 42.5 Å². The van der Waals surface area contributed by atoms with Crippen LogP contribution < -0.4 is 9.62 Å². The zero-order chi connectivity index (χ0) is 28.7. The van der Waals surface area contributed by atoms with Crippen LogP contribution in [-0.2, 0) is 26.2 Å². The van der Waals surface area contributed by atoms with Gasteiger partial charge in [0.15, 0.2) is 0 Å². The van der Waals surface area contributed by atoms with Crippen LogP contribution in [0.3, 0.4) is 0 Å². The monoisotopic (exact) mass is 569 g/mol. The molecular weight excluding hydrogens is 534 g/mol. The largest absolute Gasteiger partial charge is 0.354 e. The molecule has 208 valence electrons. The van der Waals surface area contributed by atoms with Crippen molar-refractivity contribution >= 4 is 39.1 Å². The molecule has 1 atom stereocenters. The molecule has 0 aromatic heterocycles. The first-order chi connectivity index (χ1) is 18.4. The molecule has 2 amide bonds. The number of amides is 2. The van der Waals surface area contributed by atoms with Gasteiger partial charge in [0, 0.05) is 18.1 Å². The van der Waals surface area contributed by atoms with Crippen LogP contribution in [0.5, 0.6) is 0 Å². The fraction of sp³-hybridized carbons (Fsp3) is 0.333. The van der Waals surface area contributed by atoms with Crippen LogP contribution >= 0.6 is 11.6 Å². The number of nitrogens with zero attached hydrogens (tertiary/aromatic N) is 2. The summed E-state index contributed by atoms with van der Waals surface area (Å²) in [7, 11) is -4.14. The van der Waals surface area contributed by atoms with Gasteiger partial charge >= 0.3 is 0 Å². The molecule has 0 saturated carbocycles. The normalized spacial score (nSPS) is 12.1. The van der Waals surface area contributed by atoms with Gasteiger partial charge in [0.25, 0.3) is 10.0 Å². The van der Waals surface area contributed by atoms with Crippen LogP contribution in [0.4, 0.5) is 5.69 Å². The number of hydrogen-bond donors (Lipinski definition) is 1. The highest BCUT2D eigenvalue weighted by molar-refractivity contribution is 7.92. The van der Waals surface area contributed by atoms with Crippen molar-refractivity contribution in [1.82, 2.24) is 10.2 Å². The van der Waals surface area contributed by atoms with Gasteiger partial charge in [-0.3, -0.25) is 13.9 Å². The van der Waals surface area contributed by atoms with Gasteiger partial charge in [0.05, 0.1) is 10.6 Å². The number of aryl methyl sites for hydroxylation is 3. The van der Waals surface area contributed by atoms with Crippen molar-refractivity contribution in [2.24, 2.45) is 0 Å². The Balaban J connectivity index is 2.05. The van der Waals surface area contributed by atoms with Crippen LogP contribution in [-0.4, -0.2) is 44.3 Å². The standard InChI is InChI=1S/C30H36ClN3O4S/c1-6-17-32-30(36)24(5)33(19-25-10-8-7-9-22(25)3)29(35)20-34(26-14-13-23(4)28(31)18-26)39(37,38)27-15-11-21(2)12-16-27/h7-16,18,24H,6,17,19-20H2,1-5H3,(H,32,36). The first-order valence-electron chi connectivity index (χ1n) is 12.9. The van der Waals surface area contributed by atoms with Crippen molar-refractivity contribution in [2.75, 3.05) is 17.4 Å². The molecule has 0 radical (unpaired) electrons. The third kappa shape index (κ3) is 7.40. The minimum atomic E-state index is -4.14. The van der Waals surface area contributed by atoms with Gasteiger partial charge in [-0.2, -0.15) is 0 Å². The number of halogens is 1. The lowest BCUT2D eigenvalue weighted by molar-refractivity contribution is -0.139. The Morgan fingerprint density at radius 2 is 1.62 bits per heavy atom. The van der Waals surface area contributed by atoms with Gasteiger partial charge in [0.1, 0.15) is 12.6 Å². The van der Waals surface area contributed by atoms with Crippen LogP contribution in [0.2, 0.25) is 5.02 Å². The molecule has 1 unspecified atom stereocenters. The van der Waals surface area contributed by atoms with E-state index in [1.807, 2.05) is 52.0 Å². The summed E-state index contributed by atoms with van der Waals surface area (Å²) in [6, 6.07) is 18.1. The maximum atomic E-state index is 14.0. The molecule has 0 bridgehead atoms. The van der Waals surface area contributed by atoms with Crippen molar-refractivity contribution < 1.29 is 18.0 Å². The minimum absolute atomic E-state index is 0.0526. The lowest BCUT2D eigenvalue weighted by Gasteiger charge is -2.32. The topological polar surface area (TPSA) is 86.8 Å². The Morgan fingerprint density at radius 3 is 2.23 bits per heavy atom. The van der Waals surface area contributed by atoms with E-state index in [0.717, 1.165) is 33.0 Å². The summed E-state index contributed by atoms with van der Waals surface area (Å²) in [5, 5.41) is 3.23. The summed E-state index contributed by atoms with van der Waals surface area (Å²) in [5.74, 6) is -0.810. The summed E-state index contributed by atoms with van der Waals surface area (Å²) in [6.07, 6.45) is 0.751. The number of nitrogens with one attached hydrogen (secondary N) is 1. The summed E-state index contributed by atoms with van der Waals surface area (Å²) >= 11 is 6.37. The zero-order valence-electron chi connectivity index (χ0n) is 23.1. The molecular formula is C30H36ClN3O4S. The van der Waals surface area contributed by atoms with E-state index in [1.165, 1.54) is 17.0 Å². The molecule has 9 heteroatoms. The predicted molar refractivity (Wildman–Crippen MR) is 156 cm³/mol. The third-order valence-corrected chi connectivity index (χ3v) is 8.84. The third-order valence-electron chi connectivity index (χ3n) is 6.65. The molecule has 7 nitrogen and oxygen atoms in total. The fourth-order valence-electron chi connectivity index (χ4n) is 4.05. The van der Waals surface area contributed by atoms with Crippen molar-refractivity contribution in [3.63, 3.8) is 0 Å². The van der Waals surface area contributed by atoms with Crippen molar-refractivity contribution in [1.29, 1.82) is 0 Å². The van der Waals surface area contributed by atoms with Gasteiger partial charge in [-0.05, 0) is 75.1 Å². The highest BCUT2D eigenvalue weighted by Gasteiger charge is 2.32. The van der Waals surface area contributed by atoms with Gasteiger partial charge in [-0.1, -0.05) is 66.6 Å². The Hall–Kier alpha value is -3.36. The Kier molecular flexibility index (Phi) is 10.2. The molecule has 0 spiro atoms. The van der Waals surface area contributed by atoms with E-state index in [-0.39, 0.29) is 23.0 Å². The molecule has 0 heterocycles. The Labute approximate surface area is 236 Å². The van der Waals surface area contributed by atoms with E-state index in [1.54, 1.807) is 37.3 Å². The average molecular weight is 570 g/mol. The summed E-state index contributed by atoms with van der Waals surface area (Å²) in [5.41, 5.74) is 3.78. The zero-order valence-corrected chi connectivity index (χ0v) is 24.6. The number of carbonyl (C=O) groups is 2. The maximum Gasteiger partial charge on any atom is 0.264 e. The van der Waals surface area contributed by atoms with Crippen LogP contribution in [0.25, 0.3) is 0 Å². The molecule has 0 saturated heterocycles. The number of sulfonamides is 1. The van der Waals surface area contributed by atoms with Crippen molar-refractivity contribution in [2.45, 2.75) is 58.5 Å². The molecule has 0 aliphatic rings. The SMILES string of the molecule is CCCNC(=O)C(C)N(Cc1ccccc1C)C(=O)CN(c1ccc(C)c(Cl)c1)S(=O)(=O)c1ccc(C)cc1. The molecule has 0 aliphatic heterocycles. The van der Waals surface area contributed by atoms with Gasteiger partial charge in [-0.15, -0.1) is 0 Å². The second-order valence-corrected chi connectivity index (χ2v) is 11.9. The summed E-state index contributed by atoms with van der Waals surface area (Å²) < 4.78 is 28.8. The number of hydrogen-bond acceptors (Lipinski definition) is 4. The lowest BCUT2D eigenvalue weighted by Crippen LogP contribution is -2.51. The van der Waals surface area contributed by atoms with Gasteiger partial charge < -0.3 is 10.2 Å². The van der Waals surface area contributed by atoms with E-state index < -0.39 is 28.5 Å². The van der Waals surface area contributed by atoms with Crippen LogP contribution in [0.15, 0.2) is 71.6 Å². The molecule has 0 fully saturated rings. The molecule has 1 N–H and O–H groups in total. The second-order valence-electron chi connectivity index (χ2n) is 9.67. The van der Waals surface area contributed by atoms with E-state index >= 15 is 0 Å². The average Bonchev–Trinajstić information content (AvgIpc) is 2.91. The van der Waals surface area contributed by atoms with Crippen LogP contribution in [0, 0.1) is 20.8 Å². The van der Waals surface area contributed by atoms with E-state index in [9.17, 15) is 18.0 Å². The molecule has 39 heavy (non-hydrogen) atoms. The predicted octanol–water partition coefficient (Wildman–Crippen LogP) is 5.40. The minimum Gasteiger partial charge on any atom is -0.354 e. The fourth-order valence-corrected chi connectivity index (χ4v) is 5.63. The van der Waals surface area contributed by atoms with Crippen molar-refractivity contribution in [3.8, 4) is 0 Å². The smallest absolute Gasteiger partial charge is 0.264 e. The number of rotatable bonds is 11. The first-order valence-corrected chi connectivity index (χ1v) is 14.7. The molecule has 3 aromatic rings. The van der Waals surface area contributed by atoms with E-state index in [2.05, 4.69) is 5.32 Å². The Morgan fingerprint density at radius 1 is 0.949 bits per heavy atom. The number of anilines is 1. The molecule has 3 aromatic carbocycles. The number of carbonyl (C=O) groups excluding carboxylic acids is 2. The molecule has 0 aliphatic carbocycles. The maximum absolute atomic E-state index is 14.0. The van der Waals surface area contributed by atoms with E-state index in [4.69, 9.17) is 11.6 Å².